The second-order valence-electron chi connectivity index (χ2n) is 4.31. The van der Waals surface area contributed by atoms with E-state index in [4.69, 9.17) is 10.5 Å². The van der Waals surface area contributed by atoms with Crippen molar-refractivity contribution in [3.63, 3.8) is 0 Å². The number of nitrogens with zero attached hydrogens (tertiary/aromatic N) is 2. The first-order valence-electron chi connectivity index (χ1n) is 5.99. The predicted molar refractivity (Wildman–Crippen MR) is 69.4 cm³/mol. The summed E-state index contributed by atoms with van der Waals surface area (Å²) in [5.41, 5.74) is 7.10. The molecule has 5 nitrogen and oxygen atoms in total. The summed E-state index contributed by atoms with van der Waals surface area (Å²) in [5.74, 6) is 0.889. The number of aromatic nitrogens is 1. The van der Waals surface area contributed by atoms with Crippen LogP contribution in [-0.4, -0.2) is 44.4 Å². The fourth-order valence-corrected chi connectivity index (χ4v) is 2.02. The number of methoxy groups -OCH3 is 1. The first kappa shape index (κ1) is 12.1. The maximum atomic E-state index is 5.91. The van der Waals surface area contributed by atoms with E-state index in [9.17, 15) is 0 Å². The minimum absolute atomic E-state index is 0.299. The number of nitrogens with two attached hydrogens (primary N) is 1. The molecule has 1 saturated heterocycles. The Morgan fingerprint density at radius 2 is 2.53 bits per heavy atom. The molecular formula is C12H20N4O. The lowest BCUT2D eigenvalue weighted by molar-refractivity contribution is 0.210. The van der Waals surface area contributed by atoms with Gasteiger partial charge in [0.05, 0.1) is 6.61 Å². The monoisotopic (exact) mass is 236 g/mol. The van der Waals surface area contributed by atoms with Gasteiger partial charge in [-0.1, -0.05) is 0 Å². The van der Waals surface area contributed by atoms with Crippen LogP contribution in [0.1, 0.15) is 6.42 Å². The topological polar surface area (TPSA) is 63.4 Å². The Balaban J connectivity index is 1.96. The lowest BCUT2D eigenvalue weighted by Crippen LogP contribution is -2.26. The molecule has 0 amide bonds. The van der Waals surface area contributed by atoms with Crippen LogP contribution in [0.3, 0.4) is 0 Å². The van der Waals surface area contributed by atoms with Crippen LogP contribution in [0.2, 0.25) is 0 Å². The maximum Gasteiger partial charge on any atom is 0.128 e. The SMILES string of the molecule is COCCNc1cc(N2CCC(N)C2)ccn1. The molecule has 0 saturated carbocycles. The summed E-state index contributed by atoms with van der Waals surface area (Å²) in [7, 11) is 1.69. The molecule has 1 atom stereocenters. The van der Waals surface area contributed by atoms with Gasteiger partial charge in [0, 0.05) is 50.7 Å². The highest BCUT2D eigenvalue weighted by atomic mass is 16.5. The fraction of sp³-hybridized carbons (Fsp3) is 0.583. The van der Waals surface area contributed by atoms with Gasteiger partial charge in [-0.2, -0.15) is 0 Å². The van der Waals surface area contributed by atoms with Crippen LogP contribution >= 0.6 is 0 Å². The lowest BCUT2D eigenvalue weighted by atomic mass is 10.3. The van der Waals surface area contributed by atoms with Crippen molar-refractivity contribution in [3.05, 3.63) is 18.3 Å². The standard InChI is InChI=1S/C12H20N4O/c1-17-7-5-15-12-8-11(2-4-14-12)16-6-3-10(13)9-16/h2,4,8,10H,3,5-7,9,13H2,1H3,(H,14,15). The van der Waals surface area contributed by atoms with Crippen LogP contribution in [0, 0.1) is 0 Å². The van der Waals surface area contributed by atoms with Crippen molar-refractivity contribution in [1.82, 2.24) is 4.98 Å². The molecule has 0 radical (unpaired) electrons. The Hall–Kier alpha value is -1.33. The largest absolute Gasteiger partial charge is 0.383 e. The number of hydrogen-bond acceptors (Lipinski definition) is 5. The molecule has 3 N–H and O–H groups in total. The molecule has 0 aliphatic carbocycles. The van der Waals surface area contributed by atoms with E-state index in [2.05, 4.69) is 21.3 Å². The maximum absolute atomic E-state index is 5.91. The van der Waals surface area contributed by atoms with Gasteiger partial charge in [-0.3, -0.25) is 0 Å². The fourth-order valence-electron chi connectivity index (χ4n) is 2.02. The number of hydrogen-bond donors (Lipinski definition) is 2. The smallest absolute Gasteiger partial charge is 0.128 e. The number of anilines is 2. The van der Waals surface area contributed by atoms with Crippen molar-refractivity contribution in [3.8, 4) is 0 Å². The Morgan fingerprint density at radius 1 is 1.65 bits per heavy atom. The van der Waals surface area contributed by atoms with E-state index in [-0.39, 0.29) is 0 Å². The third-order valence-electron chi connectivity index (χ3n) is 2.95. The molecule has 1 unspecified atom stereocenters. The van der Waals surface area contributed by atoms with Crippen LogP contribution in [0.25, 0.3) is 0 Å². The van der Waals surface area contributed by atoms with Crippen molar-refractivity contribution in [2.24, 2.45) is 5.73 Å². The Kier molecular flexibility index (Phi) is 4.17. The van der Waals surface area contributed by atoms with Gasteiger partial charge in [0.15, 0.2) is 0 Å². The molecule has 5 heteroatoms. The summed E-state index contributed by atoms with van der Waals surface area (Å²) in [6.45, 7) is 3.41. The molecule has 1 aromatic heterocycles. The first-order chi connectivity index (χ1) is 8.29. The van der Waals surface area contributed by atoms with Crippen molar-refractivity contribution in [2.75, 3.05) is 43.6 Å². The van der Waals surface area contributed by atoms with Gasteiger partial charge in [0.25, 0.3) is 0 Å². The first-order valence-corrected chi connectivity index (χ1v) is 5.99. The second-order valence-corrected chi connectivity index (χ2v) is 4.31. The molecule has 94 valence electrons. The summed E-state index contributed by atoms with van der Waals surface area (Å²) in [4.78, 5) is 6.58. The Bertz CT molecular complexity index is 358. The van der Waals surface area contributed by atoms with Crippen molar-refractivity contribution in [2.45, 2.75) is 12.5 Å². The lowest BCUT2D eigenvalue weighted by Gasteiger charge is -2.18. The zero-order valence-electron chi connectivity index (χ0n) is 10.2. The molecule has 1 aromatic rings. The summed E-state index contributed by atoms with van der Waals surface area (Å²) in [6.07, 6.45) is 2.89. The van der Waals surface area contributed by atoms with E-state index in [1.807, 2.05) is 12.3 Å². The highest BCUT2D eigenvalue weighted by Crippen LogP contribution is 2.21. The van der Waals surface area contributed by atoms with Crippen LogP contribution in [0.4, 0.5) is 11.5 Å². The molecule has 2 heterocycles. The van der Waals surface area contributed by atoms with Crippen molar-refractivity contribution >= 4 is 11.5 Å². The van der Waals surface area contributed by atoms with Gasteiger partial charge in [-0.25, -0.2) is 4.98 Å². The zero-order valence-corrected chi connectivity index (χ0v) is 10.2. The van der Waals surface area contributed by atoms with Gasteiger partial charge < -0.3 is 20.7 Å². The van der Waals surface area contributed by atoms with Crippen molar-refractivity contribution < 1.29 is 4.74 Å². The third kappa shape index (κ3) is 3.31. The molecule has 1 aliphatic heterocycles. The zero-order chi connectivity index (χ0) is 12.1. The Labute approximate surface area is 102 Å². The molecule has 0 bridgehead atoms. The summed E-state index contributed by atoms with van der Waals surface area (Å²) in [6, 6.07) is 4.39. The van der Waals surface area contributed by atoms with Gasteiger partial charge in [0.2, 0.25) is 0 Å². The predicted octanol–water partition coefficient (Wildman–Crippen LogP) is 0.677. The average Bonchev–Trinajstić information content (AvgIpc) is 2.77. The van der Waals surface area contributed by atoms with E-state index < -0.39 is 0 Å². The summed E-state index contributed by atoms with van der Waals surface area (Å²) in [5, 5.41) is 3.23. The summed E-state index contributed by atoms with van der Waals surface area (Å²) < 4.78 is 4.99. The van der Waals surface area contributed by atoms with E-state index in [1.165, 1.54) is 5.69 Å². The van der Waals surface area contributed by atoms with Gasteiger partial charge in [-0.15, -0.1) is 0 Å². The second kappa shape index (κ2) is 5.84. The highest BCUT2D eigenvalue weighted by Gasteiger charge is 2.19. The quantitative estimate of drug-likeness (QED) is 0.736. The molecule has 0 spiro atoms. The van der Waals surface area contributed by atoms with Gasteiger partial charge in [-0.05, 0) is 12.5 Å². The van der Waals surface area contributed by atoms with E-state index in [0.29, 0.717) is 12.6 Å². The molecule has 17 heavy (non-hydrogen) atoms. The molecule has 1 aliphatic rings. The summed E-state index contributed by atoms with van der Waals surface area (Å²) >= 11 is 0. The minimum Gasteiger partial charge on any atom is -0.383 e. The van der Waals surface area contributed by atoms with Crippen LogP contribution in [-0.2, 0) is 4.74 Å². The van der Waals surface area contributed by atoms with Crippen molar-refractivity contribution in [1.29, 1.82) is 0 Å². The normalized spacial score (nSPS) is 19.6. The number of pyridine rings is 1. The molecule has 1 fully saturated rings. The number of ether oxygens (including phenoxy) is 1. The number of rotatable bonds is 5. The Morgan fingerprint density at radius 3 is 3.24 bits per heavy atom. The molecule has 0 aromatic carbocycles. The highest BCUT2D eigenvalue weighted by molar-refractivity contribution is 5.54. The van der Waals surface area contributed by atoms with Crippen LogP contribution in [0.5, 0.6) is 0 Å². The minimum atomic E-state index is 0.299. The third-order valence-corrected chi connectivity index (χ3v) is 2.95. The van der Waals surface area contributed by atoms with Gasteiger partial charge in [0.1, 0.15) is 5.82 Å². The van der Waals surface area contributed by atoms with Gasteiger partial charge >= 0.3 is 0 Å². The molecular weight excluding hydrogens is 216 g/mol. The van der Waals surface area contributed by atoms with E-state index >= 15 is 0 Å². The molecule has 2 rings (SSSR count). The number of nitrogens with one attached hydrogen (secondary N) is 1. The van der Waals surface area contributed by atoms with Crippen LogP contribution in [0.15, 0.2) is 18.3 Å². The average molecular weight is 236 g/mol. The van der Waals surface area contributed by atoms with E-state index in [0.717, 1.165) is 31.9 Å². The van der Waals surface area contributed by atoms with E-state index in [1.54, 1.807) is 7.11 Å². The van der Waals surface area contributed by atoms with Crippen LogP contribution < -0.4 is 16.0 Å².